The molecule has 5 aromatic rings. The smallest absolute Gasteiger partial charge is 0.430 e. The molecular weight excluding hydrogens is 710 g/mol. The summed E-state index contributed by atoms with van der Waals surface area (Å²) in [5.41, 5.74) is 4.69. The van der Waals surface area contributed by atoms with Gasteiger partial charge in [0.2, 0.25) is 5.66 Å². The number of ether oxygens (including phenoxy) is 3. The summed E-state index contributed by atoms with van der Waals surface area (Å²) in [6, 6.07) is 28.3. The molecule has 0 aromatic heterocycles. The lowest BCUT2D eigenvalue weighted by atomic mass is 9.52. The third-order valence-corrected chi connectivity index (χ3v) is 12.9. The molecule has 1 N–H and O–H groups in total. The average Bonchev–Trinajstić information content (AvgIpc) is 3.56. The summed E-state index contributed by atoms with van der Waals surface area (Å²) in [5.74, 6) is 2.10. The minimum atomic E-state index is -4.54. The van der Waals surface area contributed by atoms with Crippen LogP contribution in [0.4, 0.5) is 24.5 Å². The molecule has 4 aliphatic rings. The van der Waals surface area contributed by atoms with Gasteiger partial charge in [0.05, 0.1) is 25.6 Å². The fourth-order valence-corrected chi connectivity index (χ4v) is 11.1. The van der Waals surface area contributed by atoms with Crippen molar-refractivity contribution in [1.82, 2.24) is 0 Å². The Bertz CT molecular complexity index is 2350. The van der Waals surface area contributed by atoms with E-state index in [9.17, 15) is 13.2 Å². The molecule has 0 bridgehead atoms. The van der Waals surface area contributed by atoms with Gasteiger partial charge in [-0.05, 0) is 107 Å². The first-order chi connectivity index (χ1) is 26.0. The van der Waals surface area contributed by atoms with Gasteiger partial charge in [0.25, 0.3) is 0 Å². The molecule has 9 rings (SSSR count). The third-order valence-electron chi connectivity index (χ3n) is 12.9. The highest BCUT2D eigenvalue weighted by Crippen LogP contribution is 2.67. The van der Waals surface area contributed by atoms with E-state index in [1.165, 1.54) is 30.0 Å². The number of benzene rings is 5. The summed E-state index contributed by atoms with van der Waals surface area (Å²) in [7, 11) is 4.81. The second kappa shape index (κ2) is 12.2. The van der Waals surface area contributed by atoms with Crippen molar-refractivity contribution in [3.63, 3.8) is 0 Å². The molecule has 2 aliphatic carbocycles. The highest BCUT2D eigenvalue weighted by Gasteiger charge is 2.59. The van der Waals surface area contributed by atoms with Crippen LogP contribution in [-0.2, 0) is 11.0 Å². The number of hydrogen-bond acceptors (Lipinski definition) is 5. The molecule has 5 nitrogen and oxygen atoms in total. The van der Waals surface area contributed by atoms with Crippen molar-refractivity contribution in [2.45, 2.75) is 84.2 Å². The first-order valence-electron chi connectivity index (χ1n) is 19.0. The predicted octanol–water partition coefficient (Wildman–Crippen LogP) is 12.5. The van der Waals surface area contributed by atoms with Crippen LogP contribution < -0.4 is 24.4 Å². The SMILES string of the molecule is C.COc1ccc(C2(c3ccc(OC)cc3)C=Cc3c4c(c5cc6c(cc5c3O2)NC(C)(C(F)(F)F)N6C)-c2ccccc2C42CC(C)(C)CC(C)(C)C2)cc1. The van der Waals surface area contributed by atoms with Crippen LogP contribution in [0.5, 0.6) is 17.2 Å². The van der Waals surface area contributed by atoms with Crippen molar-refractivity contribution < 1.29 is 27.4 Å². The summed E-state index contributed by atoms with van der Waals surface area (Å²) in [6.45, 7) is 10.7. The van der Waals surface area contributed by atoms with E-state index in [-0.39, 0.29) is 23.7 Å². The number of rotatable bonds is 4. The Morgan fingerprint density at radius 1 is 0.750 bits per heavy atom. The number of hydrogen-bond donors (Lipinski definition) is 1. The van der Waals surface area contributed by atoms with Crippen LogP contribution in [0, 0.1) is 10.8 Å². The third kappa shape index (κ3) is 5.20. The number of alkyl halides is 3. The Balaban J connectivity index is 0.00000441. The van der Waals surface area contributed by atoms with Crippen LogP contribution in [0.15, 0.2) is 91.0 Å². The Kier molecular flexibility index (Phi) is 8.23. The largest absolute Gasteiger partial charge is 0.497 e. The number of nitrogens with one attached hydrogen (secondary N) is 1. The first kappa shape index (κ1) is 37.8. The molecule has 2 heterocycles. The van der Waals surface area contributed by atoms with Crippen molar-refractivity contribution >= 4 is 28.2 Å². The maximum atomic E-state index is 14.8. The van der Waals surface area contributed by atoms with E-state index >= 15 is 0 Å². The first-order valence-corrected chi connectivity index (χ1v) is 19.0. The molecule has 8 heteroatoms. The highest BCUT2D eigenvalue weighted by molar-refractivity contribution is 6.12. The minimum absolute atomic E-state index is 0. The van der Waals surface area contributed by atoms with E-state index in [2.05, 4.69) is 69.4 Å². The molecule has 1 unspecified atom stereocenters. The van der Waals surface area contributed by atoms with Gasteiger partial charge in [0, 0.05) is 34.5 Å². The molecule has 1 atom stereocenters. The second-order valence-electron chi connectivity index (χ2n) is 17.8. The van der Waals surface area contributed by atoms with Gasteiger partial charge in [-0.1, -0.05) is 89.7 Å². The van der Waals surface area contributed by atoms with Gasteiger partial charge in [-0.3, -0.25) is 0 Å². The average molecular weight is 761 g/mol. The Morgan fingerprint density at radius 2 is 1.32 bits per heavy atom. The van der Waals surface area contributed by atoms with Crippen molar-refractivity contribution in [3.05, 3.63) is 119 Å². The van der Waals surface area contributed by atoms with Crippen molar-refractivity contribution in [1.29, 1.82) is 0 Å². The highest BCUT2D eigenvalue weighted by atomic mass is 19.4. The number of fused-ring (bicyclic) bond motifs is 11. The molecule has 2 aliphatic heterocycles. The zero-order chi connectivity index (χ0) is 38.9. The van der Waals surface area contributed by atoms with E-state index in [1.807, 2.05) is 60.7 Å². The lowest BCUT2D eigenvalue weighted by Gasteiger charge is -2.52. The summed E-state index contributed by atoms with van der Waals surface area (Å²) < 4.78 is 63.1. The monoisotopic (exact) mass is 760 g/mol. The molecule has 0 saturated heterocycles. The number of methoxy groups -OCH3 is 2. The summed E-state index contributed by atoms with van der Waals surface area (Å²) in [4.78, 5) is 1.33. The van der Waals surface area contributed by atoms with E-state index < -0.39 is 17.4 Å². The molecular formula is C48H51F3N2O3. The zero-order valence-corrected chi connectivity index (χ0v) is 32.7. The van der Waals surface area contributed by atoms with Crippen molar-refractivity contribution in [2.24, 2.45) is 10.8 Å². The maximum absolute atomic E-state index is 14.8. The van der Waals surface area contributed by atoms with Crippen LogP contribution in [0.3, 0.4) is 0 Å². The molecule has 1 spiro atoms. The zero-order valence-electron chi connectivity index (χ0n) is 32.7. The molecule has 0 amide bonds. The van der Waals surface area contributed by atoms with E-state index in [1.54, 1.807) is 14.2 Å². The van der Waals surface area contributed by atoms with Gasteiger partial charge in [-0.2, -0.15) is 13.2 Å². The predicted molar refractivity (Wildman–Crippen MR) is 221 cm³/mol. The standard InChI is InChI=1S/C47H47F3N2O3.CH4/c1-42(2)25-43(3,4)27-45(26-42)36-12-10-9-11-32(36)39-34-24-38-37(51-44(5,52(38)6)47(48,49)50)23-35(34)41-33(40(39)45)21-22-46(55-41,28-13-17-30(53-7)18-14-28)29-15-19-31(54-8)20-16-29;/h9-24,51H,25-27H2,1-8H3;1H4. The summed E-state index contributed by atoms with van der Waals surface area (Å²) in [6.07, 6.45) is 2.78. The molecule has 1 fully saturated rings. The van der Waals surface area contributed by atoms with Gasteiger partial charge >= 0.3 is 6.18 Å². The lowest BCUT2D eigenvalue weighted by Crippen LogP contribution is -2.57. The summed E-state index contributed by atoms with van der Waals surface area (Å²) >= 11 is 0. The second-order valence-corrected chi connectivity index (χ2v) is 17.8. The van der Waals surface area contributed by atoms with Gasteiger partial charge in [-0.25, -0.2) is 0 Å². The fraction of sp³-hybridized carbons (Fsp3) is 0.375. The van der Waals surface area contributed by atoms with Gasteiger partial charge in [-0.15, -0.1) is 0 Å². The Labute approximate surface area is 328 Å². The maximum Gasteiger partial charge on any atom is 0.430 e. The summed E-state index contributed by atoms with van der Waals surface area (Å²) in [5, 5.41) is 4.52. The van der Waals surface area contributed by atoms with Crippen molar-refractivity contribution in [3.8, 4) is 28.4 Å². The van der Waals surface area contributed by atoms with Gasteiger partial charge in [0.15, 0.2) is 5.60 Å². The molecule has 5 aromatic carbocycles. The topological polar surface area (TPSA) is 43.0 Å². The quantitative estimate of drug-likeness (QED) is 0.198. The van der Waals surface area contributed by atoms with Crippen molar-refractivity contribution in [2.75, 3.05) is 31.5 Å². The Hall–Kier alpha value is -5.11. The van der Waals surface area contributed by atoms with Gasteiger partial charge in [0.1, 0.15) is 17.2 Å². The molecule has 1 saturated carbocycles. The van der Waals surface area contributed by atoms with Crippen LogP contribution >= 0.6 is 0 Å². The molecule has 56 heavy (non-hydrogen) atoms. The van der Waals surface area contributed by atoms with E-state index in [4.69, 9.17) is 14.2 Å². The van der Waals surface area contributed by atoms with E-state index in [0.29, 0.717) is 17.1 Å². The number of halogens is 3. The van der Waals surface area contributed by atoms with Crippen LogP contribution in [-0.4, -0.2) is 33.1 Å². The molecule has 292 valence electrons. The number of anilines is 2. The number of nitrogens with zero attached hydrogens (tertiary/aromatic N) is 1. The minimum Gasteiger partial charge on any atom is -0.497 e. The normalized spacial score (nSPS) is 21.6. The van der Waals surface area contributed by atoms with E-state index in [0.717, 1.165) is 69.4 Å². The van der Waals surface area contributed by atoms with Gasteiger partial charge < -0.3 is 24.4 Å². The lowest BCUT2D eigenvalue weighted by molar-refractivity contribution is -0.171. The van der Waals surface area contributed by atoms with Crippen LogP contribution in [0.25, 0.3) is 28.0 Å². The fourth-order valence-electron chi connectivity index (χ4n) is 11.1. The molecule has 0 radical (unpaired) electrons. The van der Waals surface area contributed by atoms with Crippen LogP contribution in [0.1, 0.15) is 89.1 Å². The van der Waals surface area contributed by atoms with Crippen LogP contribution in [0.2, 0.25) is 0 Å². The Morgan fingerprint density at radius 3 is 1.88 bits per heavy atom.